The van der Waals surface area contributed by atoms with Gasteiger partial charge >= 0.3 is 0 Å². The van der Waals surface area contributed by atoms with Crippen LogP contribution in [-0.2, 0) is 16.8 Å². The first-order valence-corrected chi connectivity index (χ1v) is 7.92. The molecule has 1 rings (SSSR count). The summed E-state index contributed by atoms with van der Waals surface area (Å²) in [7, 11) is 1.55. The molecule has 1 aromatic rings. The summed E-state index contributed by atoms with van der Waals surface area (Å²) in [6.45, 7) is 1.51. The molecule has 20 heavy (non-hydrogen) atoms. The van der Waals surface area contributed by atoms with Gasteiger partial charge in [-0.1, -0.05) is 12.1 Å². The number of rotatable bonds is 9. The molecule has 0 saturated heterocycles. The van der Waals surface area contributed by atoms with Crippen molar-refractivity contribution in [3.05, 3.63) is 29.8 Å². The van der Waals surface area contributed by atoms with E-state index >= 15 is 0 Å². The van der Waals surface area contributed by atoms with Gasteiger partial charge in [0.15, 0.2) is 0 Å². The highest BCUT2D eigenvalue weighted by molar-refractivity contribution is 7.87. The van der Waals surface area contributed by atoms with Gasteiger partial charge in [0.1, 0.15) is 5.75 Å². The zero-order chi connectivity index (χ0) is 15.0. The molecule has 0 saturated carbocycles. The second kappa shape index (κ2) is 8.21. The van der Waals surface area contributed by atoms with E-state index in [4.69, 9.17) is 4.74 Å². The Labute approximate surface area is 121 Å². The second-order valence-corrected chi connectivity index (χ2v) is 6.32. The number of benzene rings is 1. The summed E-state index contributed by atoms with van der Waals surface area (Å²) in [5.74, 6) is 0.712. The summed E-state index contributed by atoms with van der Waals surface area (Å²) >= 11 is 0. The average Bonchev–Trinajstić information content (AvgIpc) is 2.45. The molecule has 6 nitrogen and oxygen atoms in total. The minimum atomic E-state index is -3.44. The van der Waals surface area contributed by atoms with Gasteiger partial charge in [-0.15, -0.1) is 0 Å². The molecule has 0 unspecified atom stereocenters. The van der Waals surface area contributed by atoms with E-state index in [0.29, 0.717) is 12.3 Å². The summed E-state index contributed by atoms with van der Waals surface area (Å²) in [4.78, 5) is 0. The molecule has 114 valence electrons. The van der Waals surface area contributed by atoms with Crippen LogP contribution in [0, 0.1) is 0 Å². The van der Waals surface area contributed by atoms with E-state index in [1.54, 1.807) is 14.2 Å². The van der Waals surface area contributed by atoms with Crippen LogP contribution in [0.25, 0.3) is 0 Å². The topological polar surface area (TPSA) is 70.7 Å². The fraction of sp³-hybridized carbons (Fsp3) is 0.538. The SMILES string of the molecule is CNCCCN(C)S(=O)(=O)NCc1cccc(OC)c1. The second-order valence-electron chi connectivity index (χ2n) is 4.46. The fourth-order valence-corrected chi connectivity index (χ4v) is 2.60. The Morgan fingerprint density at radius 1 is 1.35 bits per heavy atom. The van der Waals surface area contributed by atoms with E-state index in [9.17, 15) is 8.42 Å². The maximum atomic E-state index is 12.0. The normalized spacial score (nSPS) is 11.8. The standard InChI is InChI=1S/C13H23N3O3S/c1-14-8-5-9-16(2)20(17,18)15-11-12-6-4-7-13(10-12)19-3/h4,6-7,10,14-15H,5,8-9,11H2,1-3H3. The lowest BCUT2D eigenvalue weighted by Gasteiger charge is -2.17. The van der Waals surface area contributed by atoms with Gasteiger partial charge in [-0.3, -0.25) is 0 Å². The molecule has 0 spiro atoms. The predicted octanol–water partition coefficient (Wildman–Crippen LogP) is 0.571. The van der Waals surface area contributed by atoms with E-state index in [-0.39, 0.29) is 6.54 Å². The van der Waals surface area contributed by atoms with Crippen molar-refractivity contribution in [1.29, 1.82) is 0 Å². The van der Waals surface area contributed by atoms with Gasteiger partial charge in [0.25, 0.3) is 10.2 Å². The highest BCUT2D eigenvalue weighted by Gasteiger charge is 2.16. The number of methoxy groups -OCH3 is 1. The lowest BCUT2D eigenvalue weighted by molar-refractivity contribution is 0.414. The van der Waals surface area contributed by atoms with E-state index in [0.717, 1.165) is 18.5 Å². The first kappa shape index (κ1) is 16.9. The first-order valence-electron chi connectivity index (χ1n) is 6.48. The van der Waals surface area contributed by atoms with E-state index in [1.165, 1.54) is 4.31 Å². The van der Waals surface area contributed by atoms with E-state index < -0.39 is 10.2 Å². The highest BCUT2D eigenvalue weighted by Crippen LogP contribution is 2.12. The molecule has 0 fully saturated rings. The van der Waals surface area contributed by atoms with Gasteiger partial charge < -0.3 is 10.1 Å². The number of hydrogen-bond acceptors (Lipinski definition) is 4. The summed E-state index contributed by atoms with van der Waals surface area (Å²) in [6.07, 6.45) is 0.771. The predicted molar refractivity (Wildman–Crippen MR) is 79.9 cm³/mol. The van der Waals surface area contributed by atoms with Crippen LogP contribution in [0.4, 0.5) is 0 Å². The molecule has 0 radical (unpaired) electrons. The zero-order valence-corrected chi connectivity index (χ0v) is 13.0. The molecule has 0 amide bonds. The Hall–Kier alpha value is -1.15. The maximum Gasteiger partial charge on any atom is 0.279 e. The van der Waals surface area contributed by atoms with Crippen molar-refractivity contribution in [2.45, 2.75) is 13.0 Å². The monoisotopic (exact) mass is 301 g/mol. The number of nitrogens with one attached hydrogen (secondary N) is 2. The van der Waals surface area contributed by atoms with Gasteiger partial charge in [0, 0.05) is 20.1 Å². The van der Waals surface area contributed by atoms with Crippen molar-refractivity contribution in [3.63, 3.8) is 0 Å². The van der Waals surface area contributed by atoms with Crippen LogP contribution < -0.4 is 14.8 Å². The Morgan fingerprint density at radius 3 is 2.75 bits per heavy atom. The molecule has 2 N–H and O–H groups in total. The average molecular weight is 301 g/mol. The smallest absolute Gasteiger partial charge is 0.279 e. The molecule has 0 heterocycles. The number of ether oxygens (including phenoxy) is 1. The summed E-state index contributed by atoms with van der Waals surface area (Å²) in [6, 6.07) is 7.32. The van der Waals surface area contributed by atoms with Crippen molar-refractivity contribution in [1.82, 2.24) is 14.3 Å². The molecular formula is C13H23N3O3S. The van der Waals surface area contributed by atoms with Gasteiger partial charge in [-0.2, -0.15) is 17.4 Å². The quantitative estimate of drug-likeness (QED) is 0.654. The van der Waals surface area contributed by atoms with E-state index in [1.807, 2.05) is 31.3 Å². The Kier molecular flexibility index (Phi) is 6.94. The molecule has 0 aliphatic heterocycles. The van der Waals surface area contributed by atoms with Crippen LogP contribution in [0.3, 0.4) is 0 Å². The molecule has 0 aromatic heterocycles. The molecule has 0 bridgehead atoms. The first-order chi connectivity index (χ1) is 9.49. The Morgan fingerprint density at radius 2 is 2.10 bits per heavy atom. The van der Waals surface area contributed by atoms with Gasteiger partial charge in [0.2, 0.25) is 0 Å². The summed E-state index contributed by atoms with van der Waals surface area (Å²) < 4.78 is 33.0. The van der Waals surface area contributed by atoms with Crippen molar-refractivity contribution >= 4 is 10.2 Å². The lowest BCUT2D eigenvalue weighted by Crippen LogP contribution is -2.38. The Balaban J connectivity index is 2.53. The molecule has 0 atom stereocenters. The summed E-state index contributed by atoms with van der Waals surface area (Å²) in [5.41, 5.74) is 0.858. The maximum absolute atomic E-state index is 12.0. The lowest BCUT2D eigenvalue weighted by atomic mass is 10.2. The van der Waals surface area contributed by atoms with Crippen molar-refractivity contribution < 1.29 is 13.2 Å². The third-order valence-electron chi connectivity index (χ3n) is 2.90. The van der Waals surface area contributed by atoms with Crippen LogP contribution in [0.15, 0.2) is 24.3 Å². The van der Waals surface area contributed by atoms with E-state index in [2.05, 4.69) is 10.0 Å². The van der Waals surface area contributed by atoms with Crippen LogP contribution >= 0.6 is 0 Å². The van der Waals surface area contributed by atoms with Gasteiger partial charge in [0.05, 0.1) is 7.11 Å². The molecule has 7 heteroatoms. The van der Waals surface area contributed by atoms with Gasteiger partial charge in [-0.05, 0) is 37.7 Å². The fourth-order valence-electron chi connectivity index (χ4n) is 1.67. The third-order valence-corrected chi connectivity index (χ3v) is 4.42. The molecule has 0 aliphatic carbocycles. The number of hydrogen-bond donors (Lipinski definition) is 2. The highest BCUT2D eigenvalue weighted by atomic mass is 32.2. The van der Waals surface area contributed by atoms with Crippen molar-refractivity contribution in [3.8, 4) is 5.75 Å². The summed E-state index contributed by atoms with van der Waals surface area (Å²) in [5, 5.41) is 2.99. The zero-order valence-electron chi connectivity index (χ0n) is 12.2. The van der Waals surface area contributed by atoms with Gasteiger partial charge in [-0.25, -0.2) is 0 Å². The largest absolute Gasteiger partial charge is 0.497 e. The molecular weight excluding hydrogens is 278 g/mol. The van der Waals surface area contributed by atoms with Crippen molar-refractivity contribution in [2.24, 2.45) is 0 Å². The minimum absolute atomic E-state index is 0.246. The minimum Gasteiger partial charge on any atom is -0.497 e. The van der Waals surface area contributed by atoms with Crippen LogP contribution in [0.2, 0.25) is 0 Å². The molecule has 1 aromatic carbocycles. The van der Waals surface area contributed by atoms with Crippen LogP contribution in [0.1, 0.15) is 12.0 Å². The number of nitrogens with zero attached hydrogens (tertiary/aromatic N) is 1. The third kappa shape index (κ3) is 5.46. The Bertz CT molecular complexity index is 505. The molecule has 0 aliphatic rings. The van der Waals surface area contributed by atoms with Crippen LogP contribution in [-0.4, -0.2) is 47.0 Å². The van der Waals surface area contributed by atoms with Crippen LogP contribution in [0.5, 0.6) is 5.75 Å². The van der Waals surface area contributed by atoms with Crippen molar-refractivity contribution in [2.75, 3.05) is 34.3 Å².